The maximum Gasteiger partial charge on any atom is 0.272 e. The van der Waals surface area contributed by atoms with Crippen molar-refractivity contribution in [2.24, 2.45) is 0 Å². The lowest BCUT2D eigenvalue weighted by Gasteiger charge is -2.24. The van der Waals surface area contributed by atoms with Gasteiger partial charge in [-0.2, -0.15) is 5.10 Å². The van der Waals surface area contributed by atoms with Crippen molar-refractivity contribution < 1.29 is 4.79 Å². The molecule has 1 fully saturated rings. The minimum atomic E-state index is 0.0178. The van der Waals surface area contributed by atoms with E-state index in [4.69, 9.17) is 11.6 Å². The minimum Gasteiger partial charge on any atom is -0.334 e. The van der Waals surface area contributed by atoms with Crippen molar-refractivity contribution in [3.8, 4) is 11.3 Å². The fraction of sp³-hybridized carbons (Fsp3) is 0.238. The lowest BCUT2D eigenvalue weighted by Crippen LogP contribution is -2.37. The van der Waals surface area contributed by atoms with E-state index in [1.807, 2.05) is 53.4 Å². The molecule has 0 aliphatic carbocycles. The zero-order valence-corrected chi connectivity index (χ0v) is 15.1. The summed E-state index contributed by atoms with van der Waals surface area (Å²) in [5, 5.41) is 7.85. The molecule has 1 saturated heterocycles. The highest BCUT2D eigenvalue weighted by Gasteiger charge is 2.30. The number of aromatic nitrogens is 2. The number of amides is 1. The Hall–Kier alpha value is -2.59. The first kappa shape index (κ1) is 16.9. The van der Waals surface area contributed by atoms with E-state index in [1.165, 1.54) is 5.56 Å². The smallest absolute Gasteiger partial charge is 0.272 e. The molecule has 132 valence electrons. The van der Waals surface area contributed by atoms with Crippen molar-refractivity contribution in [3.05, 3.63) is 76.9 Å². The van der Waals surface area contributed by atoms with Crippen LogP contribution >= 0.6 is 11.6 Å². The van der Waals surface area contributed by atoms with E-state index in [0.29, 0.717) is 10.7 Å². The number of H-pyrrole nitrogens is 1. The van der Waals surface area contributed by atoms with Crippen molar-refractivity contribution in [3.63, 3.8) is 0 Å². The molecule has 26 heavy (non-hydrogen) atoms. The SMILES string of the molecule is O=C(c1cc(-c2cccc(Cl)c2)n[nH]1)N1CCC[C@@H]1Cc1ccccc1. The van der Waals surface area contributed by atoms with Gasteiger partial charge in [-0.25, -0.2) is 0 Å². The first-order chi connectivity index (χ1) is 12.7. The molecule has 1 atom stereocenters. The average Bonchev–Trinajstić information content (AvgIpc) is 3.32. The molecule has 1 amide bonds. The van der Waals surface area contributed by atoms with Gasteiger partial charge in [0.2, 0.25) is 0 Å². The van der Waals surface area contributed by atoms with Gasteiger partial charge < -0.3 is 4.90 Å². The second-order valence-electron chi connectivity index (χ2n) is 6.66. The summed E-state index contributed by atoms with van der Waals surface area (Å²) in [6.07, 6.45) is 2.97. The van der Waals surface area contributed by atoms with E-state index >= 15 is 0 Å². The molecule has 0 radical (unpaired) electrons. The molecular weight excluding hydrogens is 346 g/mol. The Morgan fingerprint density at radius 1 is 1.15 bits per heavy atom. The van der Waals surface area contributed by atoms with Gasteiger partial charge in [-0.15, -0.1) is 0 Å². The van der Waals surface area contributed by atoms with Gasteiger partial charge in [-0.3, -0.25) is 9.89 Å². The van der Waals surface area contributed by atoms with Crippen LogP contribution in [0.5, 0.6) is 0 Å². The lowest BCUT2D eigenvalue weighted by molar-refractivity contribution is 0.0730. The monoisotopic (exact) mass is 365 g/mol. The van der Waals surface area contributed by atoms with Gasteiger partial charge in [0, 0.05) is 23.2 Å². The minimum absolute atomic E-state index is 0.0178. The quantitative estimate of drug-likeness (QED) is 0.735. The van der Waals surface area contributed by atoms with E-state index in [2.05, 4.69) is 22.3 Å². The van der Waals surface area contributed by atoms with Gasteiger partial charge in [-0.05, 0) is 43.0 Å². The van der Waals surface area contributed by atoms with Gasteiger partial charge in [0.15, 0.2) is 0 Å². The maximum atomic E-state index is 13.0. The van der Waals surface area contributed by atoms with Crippen LogP contribution in [0.2, 0.25) is 5.02 Å². The number of rotatable bonds is 4. The molecular formula is C21H20ClN3O. The van der Waals surface area contributed by atoms with E-state index in [-0.39, 0.29) is 11.9 Å². The molecule has 1 N–H and O–H groups in total. The zero-order valence-electron chi connectivity index (χ0n) is 14.4. The van der Waals surface area contributed by atoms with E-state index < -0.39 is 0 Å². The third-order valence-electron chi connectivity index (χ3n) is 4.88. The van der Waals surface area contributed by atoms with Crippen molar-refractivity contribution >= 4 is 17.5 Å². The molecule has 3 aromatic rings. The van der Waals surface area contributed by atoms with Crippen LogP contribution in [-0.4, -0.2) is 33.6 Å². The van der Waals surface area contributed by atoms with E-state index in [1.54, 1.807) is 0 Å². The van der Waals surface area contributed by atoms with Crippen LogP contribution < -0.4 is 0 Å². The number of carbonyl (C=O) groups is 1. The second kappa shape index (κ2) is 7.34. The van der Waals surface area contributed by atoms with Gasteiger partial charge in [0.05, 0.1) is 5.69 Å². The van der Waals surface area contributed by atoms with Gasteiger partial charge >= 0.3 is 0 Å². The summed E-state index contributed by atoms with van der Waals surface area (Å²) in [4.78, 5) is 15.0. The average molecular weight is 366 g/mol. The number of likely N-dealkylation sites (tertiary alicyclic amines) is 1. The highest BCUT2D eigenvalue weighted by molar-refractivity contribution is 6.30. The van der Waals surface area contributed by atoms with E-state index in [0.717, 1.165) is 37.1 Å². The highest BCUT2D eigenvalue weighted by Crippen LogP contribution is 2.25. The molecule has 0 spiro atoms. The van der Waals surface area contributed by atoms with Gasteiger partial charge in [-0.1, -0.05) is 54.1 Å². The Labute approximate surface area is 157 Å². The molecule has 0 bridgehead atoms. The topological polar surface area (TPSA) is 49.0 Å². The summed E-state index contributed by atoms with van der Waals surface area (Å²) in [5.41, 5.74) is 3.42. The van der Waals surface area contributed by atoms with Crippen LogP contribution in [0.25, 0.3) is 11.3 Å². The molecule has 5 heteroatoms. The fourth-order valence-corrected chi connectivity index (χ4v) is 3.77. The largest absolute Gasteiger partial charge is 0.334 e. The molecule has 0 saturated carbocycles. The van der Waals surface area contributed by atoms with Gasteiger partial charge in [0.1, 0.15) is 5.69 Å². The normalized spacial score (nSPS) is 16.8. The third-order valence-corrected chi connectivity index (χ3v) is 5.12. The summed E-state index contributed by atoms with van der Waals surface area (Å²) in [7, 11) is 0. The molecule has 1 aromatic heterocycles. The first-order valence-corrected chi connectivity index (χ1v) is 9.25. The molecule has 4 nitrogen and oxygen atoms in total. The molecule has 2 heterocycles. The number of carbonyl (C=O) groups excluding carboxylic acids is 1. The van der Waals surface area contributed by atoms with Gasteiger partial charge in [0.25, 0.3) is 5.91 Å². The van der Waals surface area contributed by atoms with E-state index in [9.17, 15) is 4.79 Å². The number of nitrogens with zero attached hydrogens (tertiary/aromatic N) is 2. The highest BCUT2D eigenvalue weighted by atomic mass is 35.5. The summed E-state index contributed by atoms with van der Waals surface area (Å²) in [6.45, 7) is 0.794. The predicted octanol–water partition coefficient (Wildman–Crippen LogP) is 4.58. The van der Waals surface area contributed by atoms with Crippen LogP contribution in [0.3, 0.4) is 0 Å². The Morgan fingerprint density at radius 2 is 2.00 bits per heavy atom. The summed E-state index contributed by atoms with van der Waals surface area (Å²) < 4.78 is 0. The Bertz CT molecular complexity index is 906. The van der Waals surface area contributed by atoms with Crippen molar-refractivity contribution in [2.45, 2.75) is 25.3 Å². The number of nitrogens with one attached hydrogen (secondary N) is 1. The number of halogens is 1. The second-order valence-corrected chi connectivity index (χ2v) is 7.10. The molecule has 4 rings (SSSR count). The number of benzene rings is 2. The van der Waals surface area contributed by atoms with Crippen molar-refractivity contribution in [1.29, 1.82) is 0 Å². The number of hydrogen-bond acceptors (Lipinski definition) is 2. The lowest BCUT2D eigenvalue weighted by atomic mass is 10.0. The van der Waals surface area contributed by atoms with Crippen LogP contribution in [0, 0.1) is 0 Å². The van der Waals surface area contributed by atoms with Crippen molar-refractivity contribution in [1.82, 2.24) is 15.1 Å². The molecule has 2 aromatic carbocycles. The van der Waals surface area contributed by atoms with Crippen LogP contribution in [-0.2, 0) is 6.42 Å². The number of hydrogen-bond donors (Lipinski definition) is 1. The van der Waals surface area contributed by atoms with Crippen molar-refractivity contribution in [2.75, 3.05) is 6.54 Å². The van der Waals surface area contributed by atoms with Crippen LogP contribution in [0.1, 0.15) is 28.9 Å². The summed E-state index contributed by atoms with van der Waals surface area (Å²) >= 11 is 6.05. The molecule has 1 aliphatic heterocycles. The maximum absolute atomic E-state index is 13.0. The fourth-order valence-electron chi connectivity index (χ4n) is 3.58. The Balaban J connectivity index is 1.52. The van der Waals surface area contributed by atoms with Crippen LogP contribution in [0.4, 0.5) is 0 Å². The summed E-state index contributed by atoms with van der Waals surface area (Å²) in [6, 6.07) is 19.9. The summed E-state index contributed by atoms with van der Waals surface area (Å²) in [5.74, 6) is 0.0178. The first-order valence-electron chi connectivity index (χ1n) is 8.87. The number of aromatic amines is 1. The standard InChI is InChI=1S/C21H20ClN3O/c22-17-9-4-8-16(13-17)19-14-20(24-23-19)21(26)25-11-5-10-18(25)12-15-6-2-1-3-7-15/h1-4,6-9,13-14,18H,5,10-12H2,(H,23,24)/t18-/m1/s1. The Kier molecular flexibility index (Phi) is 4.76. The molecule has 0 unspecified atom stereocenters. The third kappa shape index (κ3) is 3.51. The van der Waals surface area contributed by atoms with Crippen LogP contribution in [0.15, 0.2) is 60.7 Å². The zero-order chi connectivity index (χ0) is 17.9. The Morgan fingerprint density at radius 3 is 2.81 bits per heavy atom. The predicted molar refractivity (Wildman–Crippen MR) is 103 cm³/mol. The molecule has 1 aliphatic rings.